The topological polar surface area (TPSA) is 96.5 Å². The second kappa shape index (κ2) is 10.1. The van der Waals surface area contributed by atoms with Crippen LogP contribution >= 0.6 is 0 Å². The Morgan fingerprint density at radius 3 is 2.25 bits per heavy atom. The average molecular weight is 387 g/mol. The molecular formula is C20H22FN3O4. The van der Waals surface area contributed by atoms with Gasteiger partial charge in [0.05, 0.1) is 5.56 Å². The molecule has 0 radical (unpaired) electrons. The Morgan fingerprint density at radius 2 is 1.61 bits per heavy atom. The smallest absolute Gasteiger partial charge is 0.408 e. The van der Waals surface area contributed by atoms with Gasteiger partial charge in [0.15, 0.2) is 0 Å². The molecule has 0 aliphatic carbocycles. The van der Waals surface area contributed by atoms with Gasteiger partial charge in [0.2, 0.25) is 0 Å². The molecule has 7 nitrogen and oxygen atoms in total. The van der Waals surface area contributed by atoms with Crippen molar-refractivity contribution in [3.8, 4) is 0 Å². The van der Waals surface area contributed by atoms with Gasteiger partial charge in [-0.1, -0.05) is 56.3 Å². The molecule has 148 valence electrons. The fourth-order valence-corrected chi connectivity index (χ4v) is 2.34. The fraction of sp³-hybridized carbons (Fsp3) is 0.250. The van der Waals surface area contributed by atoms with Crippen LogP contribution in [0.3, 0.4) is 0 Å². The Kier molecular flexibility index (Phi) is 7.50. The summed E-state index contributed by atoms with van der Waals surface area (Å²) in [5.41, 5.74) is 4.93. The number of rotatable bonds is 6. The molecule has 2 aromatic rings. The summed E-state index contributed by atoms with van der Waals surface area (Å²) in [6.45, 7) is 3.50. The minimum absolute atomic E-state index is 0.0587. The highest BCUT2D eigenvalue weighted by atomic mass is 19.1. The molecule has 2 rings (SSSR count). The van der Waals surface area contributed by atoms with E-state index in [-0.39, 0.29) is 18.1 Å². The van der Waals surface area contributed by atoms with E-state index in [2.05, 4.69) is 16.2 Å². The molecule has 0 aliphatic heterocycles. The summed E-state index contributed by atoms with van der Waals surface area (Å²) in [6, 6.07) is 13.5. The Hall–Kier alpha value is -3.42. The predicted molar refractivity (Wildman–Crippen MR) is 100 cm³/mol. The van der Waals surface area contributed by atoms with Gasteiger partial charge in [-0.2, -0.15) is 0 Å². The summed E-state index contributed by atoms with van der Waals surface area (Å²) in [7, 11) is 0. The molecule has 3 amide bonds. The van der Waals surface area contributed by atoms with E-state index in [4.69, 9.17) is 4.74 Å². The van der Waals surface area contributed by atoms with E-state index < -0.39 is 29.8 Å². The number of ether oxygens (including phenoxy) is 1. The summed E-state index contributed by atoms with van der Waals surface area (Å²) in [4.78, 5) is 36.3. The monoisotopic (exact) mass is 387 g/mol. The maximum absolute atomic E-state index is 13.6. The van der Waals surface area contributed by atoms with Crippen molar-refractivity contribution >= 4 is 17.9 Å². The lowest BCUT2D eigenvalue weighted by Gasteiger charge is -2.21. The van der Waals surface area contributed by atoms with Gasteiger partial charge in [-0.25, -0.2) is 9.18 Å². The number of carbonyl (C=O) groups is 3. The third-order valence-corrected chi connectivity index (χ3v) is 3.85. The van der Waals surface area contributed by atoms with Crippen LogP contribution in [0.15, 0.2) is 54.6 Å². The molecule has 3 N–H and O–H groups in total. The summed E-state index contributed by atoms with van der Waals surface area (Å²) in [5.74, 6) is -2.45. The number of carbonyl (C=O) groups excluding carboxylic acids is 3. The molecule has 0 aliphatic rings. The number of nitrogens with one attached hydrogen (secondary N) is 3. The molecule has 0 saturated carbocycles. The van der Waals surface area contributed by atoms with Gasteiger partial charge in [-0.3, -0.25) is 20.4 Å². The lowest BCUT2D eigenvalue weighted by Crippen LogP contribution is -2.54. The van der Waals surface area contributed by atoms with Crippen LogP contribution in [0.25, 0.3) is 0 Å². The first kappa shape index (κ1) is 20.9. The molecule has 0 unspecified atom stereocenters. The van der Waals surface area contributed by atoms with Gasteiger partial charge in [0, 0.05) is 0 Å². The highest BCUT2D eigenvalue weighted by molar-refractivity contribution is 5.96. The van der Waals surface area contributed by atoms with Crippen molar-refractivity contribution in [3.05, 3.63) is 71.5 Å². The van der Waals surface area contributed by atoms with Gasteiger partial charge < -0.3 is 10.1 Å². The zero-order valence-corrected chi connectivity index (χ0v) is 15.6. The third kappa shape index (κ3) is 6.08. The number of halogens is 1. The molecule has 0 bridgehead atoms. The molecule has 0 spiro atoms. The van der Waals surface area contributed by atoms with Gasteiger partial charge in [0.1, 0.15) is 18.5 Å². The van der Waals surface area contributed by atoms with E-state index in [1.54, 1.807) is 26.0 Å². The number of benzene rings is 2. The van der Waals surface area contributed by atoms with Crippen molar-refractivity contribution in [2.24, 2.45) is 5.92 Å². The second-order valence-electron chi connectivity index (χ2n) is 6.35. The van der Waals surface area contributed by atoms with Crippen LogP contribution in [0, 0.1) is 11.7 Å². The van der Waals surface area contributed by atoms with Crippen LogP contribution in [-0.2, 0) is 16.1 Å². The van der Waals surface area contributed by atoms with E-state index in [1.807, 2.05) is 18.2 Å². The zero-order chi connectivity index (χ0) is 20.5. The lowest BCUT2D eigenvalue weighted by molar-refractivity contribution is -0.124. The lowest BCUT2D eigenvalue weighted by atomic mass is 10.0. The largest absolute Gasteiger partial charge is 0.445 e. The van der Waals surface area contributed by atoms with Gasteiger partial charge in [0.25, 0.3) is 11.8 Å². The van der Waals surface area contributed by atoms with E-state index in [0.717, 1.165) is 11.6 Å². The van der Waals surface area contributed by atoms with E-state index in [9.17, 15) is 18.8 Å². The quantitative estimate of drug-likeness (QED) is 0.664. The number of amides is 3. The highest BCUT2D eigenvalue weighted by Gasteiger charge is 2.25. The van der Waals surface area contributed by atoms with Crippen molar-refractivity contribution in [1.29, 1.82) is 0 Å². The van der Waals surface area contributed by atoms with Crippen molar-refractivity contribution in [3.63, 3.8) is 0 Å². The molecule has 28 heavy (non-hydrogen) atoms. The van der Waals surface area contributed by atoms with Crippen molar-refractivity contribution in [1.82, 2.24) is 16.2 Å². The molecule has 2 aromatic carbocycles. The highest BCUT2D eigenvalue weighted by Crippen LogP contribution is 2.06. The first-order valence-electron chi connectivity index (χ1n) is 8.70. The summed E-state index contributed by atoms with van der Waals surface area (Å²) >= 11 is 0. The summed E-state index contributed by atoms with van der Waals surface area (Å²) < 4.78 is 18.7. The van der Waals surface area contributed by atoms with E-state index in [0.29, 0.717) is 0 Å². The third-order valence-electron chi connectivity index (χ3n) is 3.85. The molecule has 0 heterocycles. The summed E-state index contributed by atoms with van der Waals surface area (Å²) in [5, 5.41) is 2.46. The van der Waals surface area contributed by atoms with Crippen LogP contribution in [-0.4, -0.2) is 23.9 Å². The number of hydrazine groups is 1. The van der Waals surface area contributed by atoms with Gasteiger partial charge in [-0.05, 0) is 23.6 Å². The van der Waals surface area contributed by atoms with Crippen LogP contribution in [0.5, 0.6) is 0 Å². The Labute approximate surface area is 162 Å². The van der Waals surface area contributed by atoms with E-state index >= 15 is 0 Å². The molecule has 8 heteroatoms. The minimum Gasteiger partial charge on any atom is -0.445 e. The van der Waals surface area contributed by atoms with Crippen molar-refractivity contribution in [2.75, 3.05) is 0 Å². The van der Waals surface area contributed by atoms with Crippen LogP contribution in [0.1, 0.15) is 29.8 Å². The second-order valence-corrected chi connectivity index (χ2v) is 6.35. The molecule has 0 aromatic heterocycles. The fourth-order valence-electron chi connectivity index (χ4n) is 2.34. The summed E-state index contributed by atoms with van der Waals surface area (Å²) in [6.07, 6.45) is -0.766. The van der Waals surface area contributed by atoms with Crippen LogP contribution < -0.4 is 16.2 Å². The first-order chi connectivity index (χ1) is 13.4. The average Bonchev–Trinajstić information content (AvgIpc) is 2.69. The standard InChI is InChI=1S/C20H22FN3O4/c1-13(2)17(22-20(27)28-12-14-8-4-3-5-9-14)19(26)24-23-18(25)15-10-6-7-11-16(15)21/h3-11,13,17H,12H2,1-2H3,(H,22,27)(H,23,25)(H,24,26)/t17-/m0/s1. The van der Waals surface area contributed by atoms with Gasteiger partial charge >= 0.3 is 6.09 Å². The molecular weight excluding hydrogens is 365 g/mol. The molecule has 0 fully saturated rings. The zero-order valence-electron chi connectivity index (χ0n) is 15.6. The number of alkyl carbamates (subject to hydrolysis) is 1. The SMILES string of the molecule is CC(C)[C@H](NC(=O)OCc1ccccc1)C(=O)NNC(=O)c1ccccc1F. The van der Waals surface area contributed by atoms with E-state index in [1.165, 1.54) is 18.2 Å². The normalized spacial score (nSPS) is 11.4. The molecule has 0 saturated heterocycles. The van der Waals surface area contributed by atoms with Gasteiger partial charge in [-0.15, -0.1) is 0 Å². The first-order valence-corrected chi connectivity index (χ1v) is 8.70. The molecule has 1 atom stereocenters. The van der Waals surface area contributed by atoms with Crippen molar-refractivity contribution in [2.45, 2.75) is 26.5 Å². The van der Waals surface area contributed by atoms with Crippen LogP contribution in [0.2, 0.25) is 0 Å². The maximum Gasteiger partial charge on any atom is 0.408 e. The number of hydrogen-bond acceptors (Lipinski definition) is 4. The van der Waals surface area contributed by atoms with Crippen LogP contribution in [0.4, 0.5) is 9.18 Å². The number of hydrogen-bond donors (Lipinski definition) is 3. The minimum atomic E-state index is -0.954. The Morgan fingerprint density at radius 1 is 0.964 bits per heavy atom. The Bertz CT molecular complexity index is 827. The Balaban J connectivity index is 1.88. The predicted octanol–water partition coefficient (Wildman–Crippen LogP) is 2.54. The van der Waals surface area contributed by atoms with Crippen molar-refractivity contribution < 1.29 is 23.5 Å². The maximum atomic E-state index is 13.6.